The van der Waals surface area contributed by atoms with E-state index in [1.54, 1.807) is 0 Å². The summed E-state index contributed by atoms with van der Waals surface area (Å²) in [6, 6.07) is 6.23. The van der Waals surface area contributed by atoms with Crippen molar-refractivity contribution in [1.82, 2.24) is 15.1 Å². The highest BCUT2D eigenvalue weighted by molar-refractivity contribution is 5.21. The van der Waals surface area contributed by atoms with Crippen molar-refractivity contribution in [3.05, 3.63) is 41.6 Å². The van der Waals surface area contributed by atoms with Gasteiger partial charge in [0.1, 0.15) is 17.6 Å². The number of hydrogen-bond donors (Lipinski definition) is 1. The number of rotatable bonds is 6. The number of nitrogens with zero attached hydrogens (tertiary/aromatic N) is 2. The normalized spacial score (nSPS) is 12.8. The molecule has 1 atom stereocenters. The minimum atomic E-state index is 0.0812. The fourth-order valence-electron chi connectivity index (χ4n) is 2.15. The van der Waals surface area contributed by atoms with Gasteiger partial charge in [0.2, 0.25) is 0 Å². The van der Waals surface area contributed by atoms with E-state index in [0.29, 0.717) is 0 Å². The standard InChI is InChI=1S/C14H21N3O/c1-4-11-7-8-13(18-11)14(15-5-2)12-9-10-16-17(12)6-3/h7-10,14-15H,4-6H2,1-3H3. The zero-order valence-corrected chi connectivity index (χ0v) is 11.3. The molecular formula is C14H21N3O. The largest absolute Gasteiger partial charge is 0.464 e. The minimum absolute atomic E-state index is 0.0812. The van der Waals surface area contributed by atoms with Crippen LogP contribution in [0.4, 0.5) is 0 Å². The van der Waals surface area contributed by atoms with E-state index in [2.05, 4.69) is 37.3 Å². The molecule has 0 bridgehead atoms. The third-order valence-electron chi connectivity index (χ3n) is 3.07. The van der Waals surface area contributed by atoms with Crippen LogP contribution in [0.5, 0.6) is 0 Å². The van der Waals surface area contributed by atoms with Gasteiger partial charge in [0, 0.05) is 19.2 Å². The van der Waals surface area contributed by atoms with Gasteiger partial charge in [0.15, 0.2) is 0 Å². The lowest BCUT2D eigenvalue weighted by atomic mass is 10.1. The van der Waals surface area contributed by atoms with Crippen molar-refractivity contribution in [2.75, 3.05) is 6.54 Å². The van der Waals surface area contributed by atoms with Crippen molar-refractivity contribution >= 4 is 0 Å². The maximum absolute atomic E-state index is 5.87. The average Bonchev–Trinajstić information content (AvgIpc) is 3.04. The molecule has 0 spiro atoms. The van der Waals surface area contributed by atoms with Crippen molar-refractivity contribution in [2.45, 2.75) is 39.8 Å². The van der Waals surface area contributed by atoms with Gasteiger partial charge in [-0.3, -0.25) is 4.68 Å². The highest BCUT2D eigenvalue weighted by atomic mass is 16.3. The van der Waals surface area contributed by atoms with Crippen LogP contribution in [0.1, 0.15) is 44.0 Å². The lowest BCUT2D eigenvalue weighted by Crippen LogP contribution is -2.24. The first kappa shape index (κ1) is 12.9. The molecule has 0 saturated carbocycles. The highest BCUT2D eigenvalue weighted by Crippen LogP contribution is 2.24. The predicted octanol–water partition coefficient (Wildman–Crippen LogP) is 2.76. The SMILES string of the molecule is CCNC(c1ccc(CC)o1)c1ccnn1CC. The molecule has 0 fully saturated rings. The van der Waals surface area contributed by atoms with Crippen LogP contribution in [-0.2, 0) is 13.0 Å². The molecule has 4 heteroatoms. The Morgan fingerprint density at radius 2 is 2.11 bits per heavy atom. The van der Waals surface area contributed by atoms with Crippen LogP contribution >= 0.6 is 0 Å². The second-order valence-electron chi connectivity index (χ2n) is 4.22. The van der Waals surface area contributed by atoms with E-state index in [9.17, 15) is 0 Å². The molecule has 4 nitrogen and oxygen atoms in total. The summed E-state index contributed by atoms with van der Waals surface area (Å²) in [5, 5.41) is 7.78. The van der Waals surface area contributed by atoms with Gasteiger partial charge in [-0.2, -0.15) is 5.10 Å². The maximum Gasteiger partial charge on any atom is 0.127 e. The first-order valence-corrected chi connectivity index (χ1v) is 6.63. The fraction of sp³-hybridized carbons (Fsp3) is 0.500. The molecular weight excluding hydrogens is 226 g/mol. The molecule has 0 amide bonds. The molecule has 2 rings (SSSR count). The monoisotopic (exact) mass is 247 g/mol. The molecule has 2 aromatic heterocycles. The summed E-state index contributed by atoms with van der Waals surface area (Å²) in [5.74, 6) is 1.99. The van der Waals surface area contributed by atoms with Crippen LogP contribution in [0.3, 0.4) is 0 Å². The molecule has 0 aliphatic heterocycles. The van der Waals surface area contributed by atoms with Crippen LogP contribution in [0.25, 0.3) is 0 Å². The van der Waals surface area contributed by atoms with Crippen LogP contribution < -0.4 is 5.32 Å². The Balaban J connectivity index is 2.33. The first-order valence-electron chi connectivity index (χ1n) is 6.63. The third kappa shape index (κ3) is 2.48. The number of aryl methyl sites for hydroxylation is 2. The summed E-state index contributed by atoms with van der Waals surface area (Å²) >= 11 is 0. The van der Waals surface area contributed by atoms with Gasteiger partial charge < -0.3 is 9.73 Å². The molecule has 1 N–H and O–H groups in total. The van der Waals surface area contributed by atoms with Gasteiger partial charge in [-0.25, -0.2) is 0 Å². The molecule has 2 heterocycles. The van der Waals surface area contributed by atoms with Crippen molar-refractivity contribution in [3.8, 4) is 0 Å². The van der Waals surface area contributed by atoms with Crippen LogP contribution in [-0.4, -0.2) is 16.3 Å². The number of aromatic nitrogens is 2. The van der Waals surface area contributed by atoms with E-state index in [1.807, 2.05) is 23.0 Å². The molecule has 0 aliphatic rings. The zero-order valence-electron chi connectivity index (χ0n) is 11.3. The van der Waals surface area contributed by atoms with E-state index >= 15 is 0 Å². The summed E-state index contributed by atoms with van der Waals surface area (Å²) in [5.41, 5.74) is 1.15. The van der Waals surface area contributed by atoms with Gasteiger partial charge in [-0.15, -0.1) is 0 Å². The third-order valence-corrected chi connectivity index (χ3v) is 3.07. The summed E-state index contributed by atoms with van der Waals surface area (Å²) in [6.07, 6.45) is 2.76. The summed E-state index contributed by atoms with van der Waals surface area (Å²) in [4.78, 5) is 0. The van der Waals surface area contributed by atoms with Crippen molar-refractivity contribution < 1.29 is 4.42 Å². The quantitative estimate of drug-likeness (QED) is 0.853. The van der Waals surface area contributed by atoms with Crippen LogP contribution in [0.2, 0.25) is 0 Å². The topological polar surface area (TPSA) is 43.0 Å². The number of furan rings is 1. The van der Waals surface area contributed by atoms with E-state index in [-0.39, 0.29) is 6.04 Å². The van der Waals surface area contributed by atoms with Crippen molar-refractivity contribution in [1.29, 1.82) is 0 Å². The second kappa shape index (κ2) is 5.87. The second-order valence-corrected chi connectivity index (χ2v) is 4.22. The molecule has 0 aliphatic carbocycles. The molecule has 98 valence electrons. The zero-order chi connectivity index (χ0) is 13.0. The lowest BCUT2D eigenvalue weighted by Gasteiger charge is -2.16. The highest BCUT2D eigenvalue weighted by Gasteiger charge is 2.20. The van der Waals surface area contributed by atoms with Crippen molar-refractivity contribution in [3.63, 3.8) is 0 Å². The van der Waals surface area contributed by atoms with Gasteiger partial charge in [0.25, 0.3) is 0 Å². The van der Waals surface area contributed by atoms with Crippen molar-refractivity contribution in [2.24, 2.45) is 0 Å². The number of hydrogen-bond acceptors (Lipinski definition) is 3. The van der Waals surface area contributed by atoms with Gasteiger partial charge in [0.05, 0.1) is 5.69 Å². The molecule has 2 aromatic rings. The summed E-state index contributed by atoms with van der Waals surface area (Å²) in [7, 11) is 0. The van der Waals surface area contributed by atoms with E-state index in [0.717, 1.165) is 36.7 Å². The Labute approximate surface area is 108 Å². The Hall–Kier alpha value is -1.55. The number of nitrogens with one attached hydrogen (secondary N) is 1. The van der Waals surface area contributed by atoms with E-state index in [1.165, 1.54) is 0 Å². The Kier molecular flexibility index (Phi) is 4.20. The lowest BCUT2D eigenvalue weighted by molar-refractivity contribution is 0.411. The van der Waals surface area contributed by atoms with Gasteiger partial charge in [-0.05, 0) is 31.7 Å². The minimum Gasteiger partial charge on any atom is -0.464 e. The molecule has 0 aromatic carbocycles. The summed E-state index contributed by atoms with van der Waals surface area (Å²) in [6.45, 7) is 8.05. The van der Waals surface area contributed by atoms with E-state index < -0.39 is 0 Å². The Bertz CT molecular complexity index is 487. The van der Waals surface area contributed by atoms with Gasteiger partial charge in [-0.1, -0.05) is 13.8 Å². The van der Waals surface area contributed by atoms with Crippen LogP contribution in [0.15, 0.2) is 28.8 Å². The summed E-state index contributed by atoms with van der Waals surface area (Å²) < 4.78 is 7.87. The predicted molar refractivity (Wildman–Crippen MR) is 71.5 cm³/mol. The molecule has 0 radical (unpaired) electrons. The van der Waals surface area contributed by atoms with Gasteiger partial charge >= 0.3 is 0 Å². The molecule has 1 unspecified atom stereocenters. The first-order chi connectivity index (χ1) is 8.80. The molecule has 18 heavy (non-hydrogen) atoms. The average molecular weight is 247 g/mol. The van der Waals surface area contributed by atoms with E-state index in [4.69, 9.17) is 4.42 Å². The maximum atomic E-state index is 5.87. The Morgan fingerprint density at radius 1 is 1.28 bits per heavy atom. The smallest absolute Gasteiger partial charge is 0.127 e. The van der Waals surface area contributed by atoms with Crippen LogP contribution in [0, 0.1) is 0 Å². The Morgan fingerprint density at radius 3 is 2.72 bits per heavy atom. The fourth-order valence-corrected chi connectivity index (χ4v) is 2.15. The molecule has 0 saturated heterocycles.